The first-order valence-electron chi connectivity index (χ1n) is 4.76. The van der Waals surface area contributed by atoms with Crippen molar-refractivity contribution in [3.63, 3.8) is 0 Å². The lowest BCUT2D eigenvalue weighted by atomic mass is 10.5. The van der Waals surface area contributed by atoms with Gasteiger partial charge in [0.1, 0.15) is 0 Å². The van der Waals surface area contributed by atoms with Gasteiger partial charge in [-0.15, -0.1) is 0 Å². The van der Waals surface area contributed by atoms with Crippen molar-refractivity contribution in [2.24, 2.45) is 0 Å². The quantitative estimate of drug-likeness (QED) is 0.823. The van der Waals surface area contributed by atoms with Crippen LogP contribution in [0.2, 0.25) is 0 Å². The fourth-order valence-corrected chi connectivity index (χ4v) is 2.13. The van der Waals surface area contributed by atoms with E-state index >= 15 is 0 Å². The van der Waals surface area contributed by atoms with Gasteiger partial charge in [-0.05, 0) is 6.92 Å². The van der Waals surface area contributed by atoms with Crippen molar-refractivity contribution in [3.8, 4) is 0 Å². The van der Waals surface area contributed by atoms with Crippen LogP contribution < -0.4 is 10.6 Å². The Morgan fingerprint density at radius 3 is 3.07 bits per heavy atom. The third-order valence-corrected chi connectivity index (χ3v) is 2.97. The summed E-state index contributed by atoms with van der Waals surface area (Å²) in [6.45, 7) is 3.47. The van der Waals surface area contributed by atoms with Gasteiger partial charge in [-0.2, -0.15) is 4.98 Å². The third-order valence-electron chi connectivity index (χ3n) is 2.16. The molecule has 6 heteroatoms. The molecule has 2 heterocycles. The Morgan fingerprint density at radius 2 is 2.47 bits per heavy atom. The van der Waals surface area contributed by atoms with Crippen molar-refractivity contribution >= 4 is 32.8 Å². The highest BCUT2D eigenvalue weighted by Crippen LogP contribution is 2.31. The van der Waals surface area contributed by atoms with E-state index in [0.29, 0.717) is 17.4 Å². The summed E-state index contributed by atoms with van der Waals surface area (Å²) in [6, 6.07) is 1.91. The second-order valence-electron chi connectivity index (χ2n) is 3.11. The second-order valence-corrected chi connectivity index (χ2v) is 4.17. The van der Waals surface area contributed by atoms with Gasteiger partial charge in [-0.3, -0.25) is 0 Å². The molecule has 15 heavy (non-hydrogen) atoms. The Labute approximate surface area is 91.1 Å². The zero-order valence-electron chi connectivity index (χ0n) is 8.43. The molecular formula is C9H13N3O2S. The second kappa shape index (κ2) is 4.08. The van der Waals surface area contributed by atoms with Crippen LogP contribution >= 0.6 is 11.3 Å². The molecule has 2 aromatic rings. The van der Waals surface area contributed by atoms with Crippen LogP contribution in [0.5, 0.6) is 0 Å². The van der Waals surface area contributed by atoms with E-state index in [1.807, 2.05) is 17.9 Å². The third kappa shape index (κ3) is 1.91. The van der Waals surface area contributed by atoms with E-state index < -0.39 is 0 Å². The highest BCUT2D eigenvalue weighted by atomic mass is 32.1. The number of hydrogen-bond acceptors (Lipinski definition) is 6. The molecule has 0 aliphatic heterocycles. The number of aromatic nitrogens is 1. The van der Waals surface area contributed by atoms with Crippen LogP contribution in [0.4, 0.5) is 11.0 Å². The summed E-state index contributed by atoms with van der Waals surface area (Å²) in [6.07, 6.45) is 0. The Morgan fingerprint density at radius 1 is 1.67 bits per heavy atom. The number of hydrogen-bond donors (Lipinski definition) is 2. The van der Waals surface area contributed by atoms with Crippen molar-refractivity contribution < 1.29 is 9.52 Å². The predicted molar refractivity (Wildman–Crippen MR) is 61.3 cm³/mol. The van der Waals surface area contributed by atoms with Crippen molar-refractivity contribution in [1.29, 1.82) is 0 Å². The number of nitrogens with zero attached hydrogens (tertiary/aromatic N) is 2. The molecule has 0 aliphatic rings. The summed E-state index contributed by atoms with van der Waals surface area (Å²) < 4.78 is 6.47. The molecule has 0 aliphatic carbocycles. The fraction of sp³-hybridized carbons (Fsp3) is 0.444. The molecule has 0 spiro atoms. The zero-order chi connectivity index (χ0) is 10.8. The number of rotatable bonds is 4. The lowest BCUT2D eigenvalue weighted by molar-refractivity contribution is 0.300. The van der Waals surface area contributed by atoms with E-state index in [1.165, 1.54) is 11.3 Å². The largest absolute Gasteiger partial charge is 0.421 e. The van der Waals surface area contributed by atoms with Gasteiger partial charge in [-0.25, -0.2) is 0 Å². The van der Waals surface area contributed by atoms with Crippen LogP contribution in [-0.4, -0.2) is 29.8 Å². The average molecular weight is 227 g/mol. The van der Waals surface area contributed by atoms with E-state index in [4.69, 9.17) is 15.3 Å². The minimum atomic E-state index is 0.109. The van der Waals surface area contributed by atoms with Gasteiger partial charge in [0.05, 0.1) is 11.3 Å². The van der Waals surface area contributed by atoms with Crippen molar-refractivity contribution in [2.45, 2.75) is 6.92 Å². The fourth-order valence-electron chi connectivity index (χ4n) is 1.44. The average Bonchev–Trinajstić information content (AvgIpc) is 2.70. The van der Waals surface area contributed by atoms with Gasteiger partial charge in [0.2, 0.25) is 5.71 Å². The lowest BCUT2D eigenvalue weighted by Crippen LogP contribution is -2.25. The highest BCUT2D eigenvalue weighted by Gasteiger charge is 2.12. The number of aliphatic hydroxyl groups excluding tert-OH is 1. The maximum absolute atomic E-state index is 8.88. The van der Waals surface area contributed by atoms with Gasteiger partial charge in [0.15, 0.2) is 11.0 Å². The van der Waals surface area contributed by atoms with Gasteiger partial charge in [0, 0.05) is 19.2 Å². The molecule has 2 aromatic heterocycles. The van der Waals surface area contributed by atoms with E-state index in [-0.39, 0.29) is 6.61 Å². The van der Waals surface area contributed by atoms with Crippen LogP contribution in [0.25, 0.3) is 10.4 Å². The Hall–Kier alpha value is -1.27. The van der Waals surface area contributed by atoms with E-state index in [0.717, 1.165) is 17.1 Å². The number of likely N-dealkylation sites (N-methyl/N-ethyl adjacent to an activating group) is 1. The van der Waals surface area contributed by atoms with Crippen molar-refractivity contribution in [1.82, 2.24) is 4.98 Å². The topological polar surface area (TPSA) is 75.5 Å². The number of anilines is 2. The number of thiazole rings is 1. The maximum Gasteiger partial charge on any atom is 0.241 e. The molecule has 82 valence electrons. The first kappa shape index (κ1) is 10.3. The van der Waals surface area contributed by atoms with Crippen molar-refractivity contribution in [2.75, 3.05) is 30.3 Å². The molecule has 3 N–H and O–H groups in total. The molecule has 5 nitrogen and oxygen atoms in total. The van der Waals surface area contributed by atoms with Crippen molar-refractivity contribution in [3.05, 3.63) is 6.07 Å². The Kier molecular flexibility index (Phi) is 2.79. The smallest absolute Gasteiger partial charge is 0.241 e. The van der Waals surface area contributed by atoms with Crippen LogP contribution in [0.3, 0.4) is 0 Å². The summed E-state index contributed by atoms with van der Waals surface area (Å²) >= 11 is 1.40. The van der Waals surface area contributed by atoms with Crippen LogP contribution in [-0.2, 0) is 0 Å². The van der Waals surface area contributed by atoms with E-state index in [2.05, 4.69) is 4.98 Å². The molecule has 0 bridgehead atoms. The van der Waals surface area contributed by atoms with E-state index in [9.17, 15) is 0 Å². The molecule has 0 atom stereocenters. The normalized spacial score (nSPS) is 11.1. The first-order chi connectivity index (χ1) is 7.24. The monoisotopic (exact) mass is 227 g/mol. The molecule has 0 saturated heterocycles. The Balaban J connectivity index is 2.30. The molecule has 2 rings (SSSR count). The lowest BCUT2D eigenvalue weighted by Gasteiger charge is -2.17. The summed E-state index contributed by atoms with van der Waals surface area (Å²) in [7, 11) is 0. The predicted octanol–water partition coefficient (Wildman–Crippen LogP) is 1.29. The van der Waals surface area contributed by atoms with Crippen LogP contribution in [0.1, 0.15) is 6.92 Å². The van der Waals surface area contributed by atoms with Gasteiger partial charge >= 0.3 is 0 Å². The van der Waals surface area contributed by atoms with Crippen LogP contribution in [0, 0.1) is 0 Å². The number of nitrogen functional groups attached to an aromatic ring is 1. The molecule has 0 fully saturated rings. The zero-order valence-corrected chi connectivity index (χ0v) is 9.25. The highest BCUT2D eigenvalue weighted by molar-refractivity contribution is 7.22. The molecule has 0 amide bonds. The number of nitrogens with two attached hydrogens (primary N) is 1. The number of furan rings is 1. The minimum absolute atomic E-state index is 0.109. The Bertz CT molecular complexity index is 420. The first-order valence-corrected chi connectivity index (χ1v) is 5.58. The van der Waals surface area contributed by atoms with E-state index in [1.54, 1.807) is 0 Å². The number of aliphatic hydroxyl groups is 1. The standard InChI is InChI=1S/C9H13N3O2S/c1-2-12(3-4-13)7-5-6-8(14-7)11-9(10)15-6/h5,13H,2-4H2,1H3,(H2,10,11). The summed E-state index contributed by atoms with van der Waals surface area (Å²) in [4.78, 5) is 6.00. The van der Waals surface area contributed by atoms with Gasteiger partial charge in [-0.1, -0.05) is 11.3 Å². The molecule has 0 saturated carbocycles. The summed E-state index contributed by atoms with van der Waals surface area (Å²) in [5.41, 5.74) is 6.12. The van der Waals surface area contributed by atoms with Gasteiger partial charge < -0.3 is 20.2 Å². The number of fused-ring (bicyclic) bond motifs is 1. The maximum atomic E-state index is 8.88. The van der Waals surface area contributed by atoms with Gasteiger partial charge in [0.25, 0.3) is 0 Å². The van der Waals surface area contributed by atoms with Crippen LogP contribution in [0.15, 0.2) is 10.5 Å². The molecule has 0 unspecified atom stereocenters. The minimum Gasteiger partial charge on any atom is -0.421 e. The molecule has 0 radical (unpaired) electrons. The molecule has 0 aromatic carbocycles. The summed E-state index contributed by atoms with van der Waals surface area (Å²) in [5.74, 6) is 0.736. The SMILES string of the molecule is CCN(CCO)c1cc2sc(N)nc2o1. The molecular weight excluding hydrogens is 214 g/mol. The summed E-state index contributed by atoms with van der Waals surface area (Å²) in [5, 5.41) is 9.40.